The monoisotopic (exact) mass is 797 g/mol. The number of imidazole rings is 1. The summed E-state index contributed by atoms with van der Waals surface area (Å²) in [4.78, 5) is 20.1. The molecule has 6 heteroatoms. The molecule has 0 fully saturated rings. The first-order valence-corrected chi connectivity index (χ1v) is 20.9. The predicted molar refractivity (Wildman–Crippen MR) is 252 cm³/mol. The van der Waals surface area contributed by atoms with Gasteiger partial charge in [0.25, 0.3) is 0 Å². The molecule has 0 unspecified atom stereocenters. The van der Waals surface area contributed by atoms with Crippen LogP contribution in [0.5, 0.6) is 0 Å². The fraction of sp³-hybridized carbons (Fsp3) is 0.0357. The fourth-order valence-electron chi connectivity index (χ4n) is 8.50. The molecule has 0 radical (unpaired) electrons. The van der Waals surface area contributed by atoms with Crippen molar-refractivity contribution in [1.82, 2.24) is 24.5 Å². The van der Waals surface area contributed by atoms with Crippen LogP contribution in [0.15, 0.2) is 211 Å². The molecule has 3 heterocycles. The average molecular weight is 798 g/mol. The summed E-state index contributed by atoms with van der Waals surface area (Å²) in [6, 6.07) is 71.6. The van der Waals surface area contributed by atoms with Crippen molar-refractivity contribution in [3.05, 3.63) is 234 Å². The number of fused-ring (bicyclic) bond motifs is 4. The Kier molecular flexibility index (Phi) is 9.36. The van der Waals surface area contributed by atoms with Gasteiger partial charge in [-0.25, -0.2) is 19.9 Å². The molecule has 0 atom stereocenters. The lowest BCUT2D eigenvalue weighted by Crippen LogP contribution is -2.02. The summed E-state index contributed by atoms with van der Waals surface area (Å²) in [6.07, 6.45) is 0.826. The molecule has 0 bridgehead atoms. The minimum absolute atomic E-state index is 0.577. The van der Waals surface area contributed by atoms with E-state index < -0.39 is 0 Å². The summed E-state index contributed by atoms with van der Waals surface area (Å²) in [7, 11) is 0. The second kappa shape index (κ2) is 15.8. The molecule has 0 N–H and O–H groups in total. The van der Waals surface area contributed by atoms with Crippen LogP contribution in [0.1, 0.15) is 35.0 Å². The van der Waals surface area contributed by atoms with E-state index in [1.807, 2.05) is 60.7 Å². The Morgan fingerprint density at radius 3 is 1.55 bits per heavy atom. The Hall–Kier alpha value is -8.22. The van der Waals surface area contributed by atoms with E-state index in [1.165, 1.54) is 0 Å². The van der Waals surface area contributed by atoms with E-state index in [0.717, 1.165) is 101 Å². The highest BCUT2D eigenvalue weighted by molar-refractivity contribution is 6.06. The first kappa shape index (κ1) is 36.8. The number of hydrogen-bond donors (Lipinski definition) is 0. The Labute approximate surface area is 359 Å². The summed E-state index contributed by atoms with van der Waals surface area (Å²) in [5, 5.41) is 2.14. The van der Waals surface area contributed by atoms with E-state index in [9.17, 15) is 0 Å². The van der Waals surface area contributed by atoms with E-state index in [0.29, 0.717) is 17.5 Å². The summed E-state index contributed by atoms with van der Waals surface area (Å²) >= 11 is 0. The molecule has 62 heavy (non-hydrogen) atoms. The SMILES string of the molecule is CCc1nc2ccccc2n1-c1ccc(C(=C(c2ccccc2)c2ccccc2)c2ccc(-c3nc(-c4ccccc4)nc(-c4ccc5c(c4)oc4ccccc45)n3)cc2)cc1. The second-order valence-electron chi connectivity index (χ2n) is 15.3. The van der Waals surface area contributed by atoms with Crippen LogP contribution in [0.4, 0.5) is 0 Å². The Morgan fingerprint density at radius 1 is 0.419 bits per heavy atom. The lowest BCUT2D eigenvalue weighted by Gasteiger charge is -2.19. The molecule has 0 saturated heterocycles. The molecule has 0 aliphatic carbocycles. The van der Waals surface area contributed by atoms with Crippen molar-refractivity contribution >= 4 is 44.1 Å². The smallest absolute Gasteiger partial charge is 0.164 e. The lowest BCUT2D eigenvalue weighted by molar-refractivity contribution is 0.669. The number of aryl methyl sites for hydroxylation is 1. The van der Waals surface area contributed by atoms with Crippen molar-refractivity contribution in [3.8, 4) is 39.9 Å². The van der Waals surface area contributed by atoms with Crippen molar-refractivity contribution in [2.45, 2.75) is 13.3 Å². The lowest BCUT2D eigenvalue weighted by atomic mass is 9.85. The van der Waals surface area contributed by atoms with E-state index in [4.69, 9.17) is 24.4 Å². The number of hydrogen-bond acceptors (Lipinski definition) is 5. The number of para-hydroxylation sites is 3. The Morgan fingerprint density at radius 2 is 0.903 bits per heavy atom. The minimum atomic E-state index is 0.577. The highest BCUT2D eigenvalue weighted by atomic mass is 16.3. The second-order valence-corrected chi connectivity index (χ2v) is 15.3. The van der Waals surface area contributed by atoms with Crippen LogP contribution in [0.25, 0.3) is 84.0 Å². The zero-order chi connectivity index (χ0) is 41.4. The van der Waals surface area contributed by atoms with Gasteiger partial charge in [0.1, 0.15) is 17.0 Å². The molecule has 0 aliphatic heterocycles. The van der Waals surface area contributed by atoms with Crippen molar-refractivity contribution in [1.29, 1.82) is 0 Å². The maximum Gasteiger partial charge on any atom is 0.164 e. The Bertz CT molecular complexity index is 3370. The van der Waals surface area contributed by atoms with Gasteiger partial charge in [0.2, 0.25) is 0 Å². The summed E-state index contributed by atoms with van der Waals surface area (Å²) < 4.78 is 8.54. The van der Waals surface area contributed by atoms with E-state index >= 15 is 0 Å². The largest absolute Gasteiger partial charge is 0.456 e. The molecule has 6 nitrogen and oxygen atoms in total. The van der Waals surface area contributed by atoms with Gasteiger partial charge in [-0.05, 0) is 75.9 Å². The number of furan rings is 1. The van der Waals surface area contributed by atoms with Gasteiger partial charge in [0, 0.05) is 39.6 Å². The van der Waals surface area contributed by atoms with Gasteiger partial charge in [-0.15, -0.1) is 0 Å². The number of nitrogens with zero attached hydrogens (tertiary/aromatic N) is 5. The standard InChI is InChI=1S/C56H39N5O/c1-2-51-57-47-23-13-14-24-48(47)61(51)44-33-30-40(31-34-44)53(52(37-16-6-3-7-17-37)38-18-8-4-9-19-38)39-26-28-42(29-27-39)55-58-54(41-20-10-5-11-21-41)59-56(60-55)43-32-35-46-45-22-12-15-25-49(45)62-50(46)36-43/h3-36H,2H2,1H3. The molecule has 11 rings (SSSR count). The van der Waals surface area contributed by atoms with Gasteiger partial charge in [0.15, 0.2) is 17.5 Å². The van der Waals surface area contributed by atoms with Crippen molar-refractivity contribution in [3.63, 3.8) is 0 Å². The van der Waals surface area contributed by atoms with Gasteiger partial charge in [-0.3, -0.25) is 4.57 Å². The molecule has 294 valence electrons. The molecule has 0 aliphatic rings. The normalized spacial score (nSPS) is 11.4. The third-order valence-electron chi connectivity index (χ3n) is 11.5. The molecular weight excluding hydrogens is 759 g/mol. The first-order valence-electron chi connectivity index (χ1n) is 20.9. The third kappa shape index (κ3) is 6.74. The average Bonchev–Trinajstić information content (AvgIpc) is 3.92. The van der Waals surface area contributed by atoms with Gasteiger partial charge in [-0.1, -0.05) is 171 Å². The van der Waals surface area contributed by atoms with Crippen LogP contribution < -0.4 is 0 Å². The van der Waals surface area contributed by atoms with Crippen LogP contribution in [-0.4, -0.2) is 24.5 Å². The highest BCUT2D eigenvalue weighted by Crippen LogP contribution is 2.39. The summed E-state index contributed by atoms with van der Waals surface area (Å²) in [6.45, 7) is 2.16. The number of rotatable bonds is 9. The van der Waals surface area contributed by atoms with Gasteiger partial charge >= 0.3 is 0 Å². The zero-order valence-electron chi connectivity index (χ0n) is 34.0. The first-order chi connectivity index (χ1) is 30.7. The zero-order valence-corrected chi connectivity index (χ0v) is 34.0. The molecule has 0 amide bonds. The molecule has 0 saturated carbocycles. The topological polar surface area (TPSA) is 69.6 Å². The van der Waals surface area contributed by atoms with Crippen molar-refractivity contribution in [2.75, 3.05) is 0 Å². The molecule has 11 aromatic rings. The molecule has 8 aromatic carbocycles. The van der Waals surface area contributed by atoms with Gasteiger partial charge in [-0.2, -0.15) is 0 Å². The fourth-order valence-corrected chi connectivity index (χ4v) is 8.50. The molecule has 0 spiro atoms. The number of benzene rings is 8. The predicted octanol–water partition coefficient (Wildman–Crippen LogP) is 13.7. The van der Waals surface area contributed by atoms with E-state index in [1.54, 1.807) is 0 Å². The maximum absolute atomic E-state index is 6.27. The van der Waals surface area contributed by atoms with E-state index in [-0.39, 0.29) is 0 Å². The van der Waals surface area contributed by atoms with Crippen LogP contribution in [0, 0.1) is 0 Å². The Balaban J connectivity index is 1.06. The highest BCUT2D eigenvalue weighted by Gasteiger charge is 2.19. The molecular formula is C56H39N5O. The van der Waals surface area contributed by atoms with Crippen molar-refractivity contribution in [2.24, 2.45) is 0 Å². The maximum atomic E-state index is 6.27. The molecule has 3 aromatic heterocycles. The minimum Gasteiger partial charge on any atom is -0.456 e. The third-order valence-corrected chi connectivity index (χ3v) is 11.5. The van der Waals surface area contributed by atoms with Crippen LogP contribution >= 0.6 is 0 Å². The van der Waals surface area contributed by atoms with E-state index in [2.05, 4.69) is 157 Å². The van der Waals surface area contributed by atoms with Crippen molar-refractivity contribution < 1.29 is 4.42 Å². The van der Waals surface area contributed by atoms with Crippen LogP contribution in [-0.2, 0) is 6.42 Å². The van der Waals surface area contributed by atoms with Crippen LogP contribution in [0.3, 0.4) is 0 Å². The quantitative estimate of drug-likeness (QED) is 0.136. The summed E-state index contributed by atoms with van der Waals surface area (Å²) in [5.74, 6) is 2.80. The van der Waals surface area contributed by atoms with Gasteiger partial charge in [0.05, 0.1) is 11.0 Å². The van der Waals surface area contributed by atoms with Crippen LogP contribution in [0.2, 0.25) is 0 Å². The van der Waals surface area contributed by atoms with Gasteiger partial charge < -0.3 is 4.42 Å². The number of aromatic nitrogens is 5. The summed E-state index contributed by atoms with van der Waals surface area (Å²) in [5.41, 5.74) is 14.2.